The molecule has 0 unspecified atom stereocenters. The minimum Gasteiger partial charge on any atom is -0.477 e. The third-order valence-corrected chi connectivity index (χ3v) is 2.57. The van der Waals surface area contributed by atoms with E-state index in [2.05, 4.69) is 4.98 Å². The van der Waals surface area contributed by atoms with E-state index in [1.54, 1.807) is 0 Å². The fourth-order valence-electron chi connectivity index (χ4n) is 1.74. The summed E-state index contributed by atoms with van der Waals surface area (Å²) in [5, 5.41) is 9.07. The van der Waals surface area contributed by atoms with E-state index in [0.29, 0.717) is 5.56 Å². The molecule has 0 spiro atoms. The highest BCUT2D eigenvalue weighted by atomic mass is 16.4. The lowest BCUT2D eigenvalue weighted by molar-refractivity contribution is 0.0691. The fourth-order valence-corrected chi connectivity index (χ4v) is 1.74. The van der Waals surface area contributed by atoms with Gasteiger partial charge < -0.3 is 10.1 Å². The fraction of sp³-hybridized carbons (Fsp3) is 0.0769. The van der Waals surface area contributed by atoms with Gasteiger partial charge in [0, 0.05) is 11.6 Å². The Kier molecular flexibility index (Phi) is 2.78. The molecule has 0 aliphatic carbocycles. The maximum absolute atomic E-state index is 11.1. The number of nitrogens with one attached hydrogen (secondary N) is 1. The Morgan fingerprint density at radius 2 is 1.82 bits per heavy atom. The van der Waals surface area contributed by atoms with Crippen LogP contribution in [0.2, 0.25) is 0 Å². The van der Waals surface area contributed by atoms with E-state index in [0.717, 1.165) is 11.1 Å². The van der Waals surface area contributed by atoms with E-state index in [1.807, 2.05) is 31.2 Å². The molecule has 1 aromatic carbocycles. The van der Waals surface area contributed by atoms with Crippen molar-refractivity contribution >= 4 is 5.97 Å². The van der Waals surface area contributed by atoms with E-state index < -0.39 is 11.5 Å². The monoisotopic (exact) mass is 229 g/mol. The molecular formula is C13H11NO3. The lowest BCUT2D eigenvalue weighted by Gasteiger charge is -2.08. The normalized spacial score (nSPS) is 10.2. The van der Waals surface area contributed by atoms with Crippen LogP contribution in [-0.2, 0) is 0 Å². The van der Waals surface area contributed by atoms with Gasteiger partial charge in [-0.05, 0) is 24.1 Å². The van der Waals surface area contributed by atoms with E-state index in [4.69, 9.17) is 5.11 Å². The minimum absolute atomic E-state index is 0.0770. The topological polar surface area (TPSA) is 70.2 Å². The Bertz CT molecular complexity index is 629. The van der Waals surface area contributed by atoms with Gasteiger partial charge in [-0.15, -0.1) is 0 Å². The molecule has 0 atom stereocenters. The first-order valence-electron chi connectivity index (χ1n) is 5.12. The zero-order valence-corrected chi connectivity index (χ0v) is 9.23. The van der Waals surface area contributed by atoms with Crippen molar-refractivity contribution in [2.75, 3.05) is 0 Å². The molecule has 17 heavy (non-hydrogen) atoms. The second-order valence-corrected chi connectivity index (χ2v) is 3.73. The van der Waals surface area contributed by atoms with E-state index in [9.17, 15) is 9.59 Å². The second kappa shape index (κ2) is 4.25. The van der Waals surface area contributed by atoms with Crippen molar-refractivity contribution in [3.05, 3.63) is 58.0 Å². The van der Waals surface area contributed by atoms with Crippen LogP contribution in [0.3, 0.4) is 0 Å². The van der Waals surface area contributed by atoms with Crippen LogP contribution >= 0.6 is 0 Å². The average Bonchev–Trinajstić information content (AvgIpc) is 2.30. The Hall–Kier alpha value is -2.36. The van der Waals surface area contributed by atoms with E-state index in [1.165, 1.54) is 12.1 Å². The molecule has 0 saturated carbocycles. The minimum atomic E-state index is -1.14. The van der Waals surface area contributed by atoms with Crippen LogP contribution in [0.5, 0.6) is 0 Å². The van der Waals surface area contributed by atoms with Crippen molar-refractivity contribution in [2.45, 2.75) is 6.92 Å². The number of aromatic nitrogens is 1. The van der Waals surface area contributed by atoms with Gasteiger partial charge in [-0.3, -0.25) is 4.79 Å². The van der Waals surface area contributed by atoms with Gasteiger partial charge in [0.2, 0.25) is 5.56 Å². The summed E-state index contributed by atoms with van der Waals surface area (Å²) < 4.78 is 0. The summed E-state index contributed by atoms with van der Waals surface area (Å²) in [5.74, 6) is -1.14. The first-order chi connectivity index (χ1) is 8.09. The third kappa shape index (κ3) is 2.10. The van der Waals surface area contributed by atoms with Crippen LogP contribution in [0.25, 0.3) is 11.1 Å². The molecule has 0 bridgehead atoms. The van der Waals surface area contributed by atoms with Crippen molar-refractivity contribution in [1.82, 2.24) is 4.98 Å². The first-order valence-corrected chi connectivity index (χ1v) is 5.12. The summed E-state index contributed by atoms with van der Waals surface area (Å²) in [4.78, 5) is 24.6. The number of carboxylic acids is 1. The van der Waals surface area contributed by atoms with E-state index >= 15 is 0 Å². The molecule has 4 heteroatoms. The zero-order chi connectivity index (χ0) is 12.4. The predicted molar refractivity (Wildman–Crippen MR) is 64.2 cm³/mol. The number of rotatable bonds is 2. The standard InChI is InChI=1S/C13H11NO3/c1-8-4-2-3-5-9(8)10-6-7-11(15)14-12(10)13(16)17/h2-7H,1H3,(H,14,15)(H,16,17). The number of hydrogen-bond donors (Lipinski definition) is 2. The Morgan fingerprint density at radius 3 is 2.47 bits per heavy atom. The highest BCUT2D eigenvalue weighted by Crippen LogP contribution is 2.24. The molecule has 1 aromatic heterocycles. The molecule has 0 fully saturated rings. The number of benzene rings is 1. The molecule has 2 rings (SSSR count). The van der Waals surface area contributed by atoms with Crippen LogP contribution in [0, 0.1) is 6.92 Å². The van der Waals surface area contributed by atoms with Gasteiger partial charge in [-0.25, -0.2) is 4.79 Å². The summed E-state index contributed by atoms with van der Waals surface area (Å²) in [6, 6.07) is 10.3. The second-order valence-electron chi connectivity index (χ2n) is 3.73. The van der Waals surface area contributed by atoms with Crippen LogP contribution in [0.15, 0.2) is 41.2 Å². The van der Waals surface area contributed by atoms with Gasteiger partial charge in [-0.1, -0.05) is 24.3 Å². The predicted octanol–water partition coefficient (Wildman–Crippen LogP) is 2.05. The quantitative estimate of drug-likeness (QED) is 0.827. The molecule has 1 heterocycles. The average molecular weight is 229 g/mol. The summed E-state index contributed by atoms with van der Waals surface area (Å²) >= 11 is 0. The van der Waals surface area contributed by atoms with Crippen molar-refractivity contribution in [2.24, 2.45) is 0 Å². The molecule has 0 aliphatic rings. The SMILES string of the molecule is Cc1ccccc1-c1ccc(=O)[nH]c1C(=O)O. The Morgan fingerprint density at radius 1 is 1.12 bits per heavy atom. The molecule has 0 radical (unpaired) electrons. The van der Waals surface area contributed by atoms with Crippen LogP contribution in [0.4, 0.5) is 0 Å². The van der Waals surface area contributed by atoms with Gasteiger partial charge in [0.25, 0.3) is 0 Å². The lowest BCUT2D eigenvalue weighted by Crippen LogP contribution is -2.13. The van der Waals surface area contributed by atoms with Gasteiger partial charge in [-0.2, -0.15) is 0 Å². The summed E-state index contributed by atoms with van der Waals surface area (Å²) in [7, 11) is 0. The number of carbonyl (C=O) groups is 1. The molecular weight excluding hydrogens is 218 g/mol. The largest absolute Gasteiger partial charge is 0.477 e. The van der Waals surface area contributed by atoms with Gasteiger partial charge in [0.1, 0.15) is 5.69 Å². The van der Waals surface area contributed by atoms with Crippen molar-refractivity contribution in [3.63, 3.8) is 0 Å². The molecule has 0 aliphatic heterocycles. The maximum atomic E-state index is 11.1. The van der Waals surface area contributed by atoms with E-state index in [-0.39, 0.29) is 5.69 Å². The van der Waals surface area contributed by atoms with Crippen molar-refractivity contribution in [1.29, 1.82) is 0 Å². The number of aromatic amines is 1. The Balaban J connectivity index is 2.72. The van der Waals surface area contributed by atoms with Crippen molar-refractivity contribution in [3.8, 4) is 11.1 Å². The van der Waals surface area contributed by atoms with Gasteiger partial charge in [0.15, 0.2) is 0 Å². The first kappa shape index (κ1) is 11.1. The number of pyridine rings is 1. The highest BCUT2D eigenvalue weighted by molar-refractivity contribution is 5.94. The summed E-state index contributed by atoms with van der Waals surface area (Å²) in [5.41, 5.74) is 1.80. The maximum Gasteiger partial charge on any atom is 0.353 e. The summed E-state index contributed by atoms with van der Waals surface area (Å²) in [6.45, 7) is 1.89. The molecule has 4 nitrogen and oxygen atoms in total. The number of aromatic carboxylic acids is 1. The summed E-state index contributed by atoms with van der Waals surface area (Å²) in [6.07, 6.45) is 0. The van der Waals surface area contributed by atoms with Crippen LogP contribution in [-0.4, -0.2) is 16.1 Å². The highest BCUT2D eigenvalue weighted by Gasteiger charge is 2.13. The Labute approximate surface area is 97.6 Å². The molecule has 2 aromatic rings. The molecule has 86 valence electrons. The number of aryl methyl sites for hydroxylation is 1. The number of H-pyrrole nitrogens is 1. The number of carboxylic acid groups (broad SMARTS) is 1. The zero-order valence-electron chi connectivity index (χ0n) is 9.23. The molecule has 2 N–H and O–H groups in total. The molecule has 0 amide bonds. The van der Waals surface area contributed by atoms with Gasteiger partial charge >= 0.3 is 5.97 Å². The van der Waals surface area contributed by atoms with Gasteiger partial charge in [0.05, 0.1) is 0 Å². The van der Waals surface area contributed by atoms with Crippen LogP contribution in [0.1, 0.15) is 16.1 Å². The van der Waals surface area contributed by atoms with Crippen molar-refractivity contribution < 1.29 is 9.90 Å². The third-order valence-electron chi connectivity index (χ3n) is 2.57. The van der Waals surface area contributed by atoms with Crippen LogP contribution < -0.4 is 5.56 Å². The molecule has 0 saturated heterocycles. The number of hydrogen-bond acceptors (Lipinski definition) is 2. The lowest BCUT2D eigenvalue weighted by atomic mass is 9.99. The smallest absolute Gasteiger partial charge is 0.353 e.